The van der Waals surface area contributed by atoms with E-state index in [4.69, 9.17) is 0 Å². The summed E-state index contributed by atoms with van der Waals surface area (Å²) in [5.41, 5.74) is 0.305. The molecule has 0 aromatic carbocycles. The van der Waals surface area contributed by atoms with Gasteiger partial charge in [-0.25, -0.2) is 0 Å². The summed E-state index contributed by atoms with van der Waals surface area (Å²) in [5, 5.41) is 30.8. The molecule has 4 aliphatic rings. The lowest BCUT2D eigenvalue weighted by Gasteiger charge is -2.60. The fraction of sp³-hybridized carbons (Fsp3) is 1.00. The average molecular weight is 308 g/mol. The minimum absolute atomic E-state index is 0.0715. The van der Waals surface area contributed by atoms with Crippen LogP contribution >= 0.6 is 0 Å². The molecular formula is C19H32O3. The van der Waals surface area contributed by atoms with Gasteiger partial charge in [-0.1, -0.05) is 13.8 Å². The average Bonchev–Trinajstić information content (AvgIpc) is 2.72. The highest BCUT2D eigenvalue weighted by atomic mass is 16.3. The van der Waals surface area contributed by atoms with Crippen molar-refractivity contribution in [1.82, 2.24) is 0 Å². The summed E-state index contributed by atoms with van der Waals surface area (Å²) in [6, 6.07) is 0. The molecule has 0 aliphatic heterocycles. The molecule has 4 fully saturated rings. The molecule has 0 aromatic rings. The van der Waals surface area contributed by atoms with Crippen molar-refractivity contribution in [3.05, 3.63) is 0 Å². The van der Waals surface area contributed by atoms with Gasteiger partial charge >= 0.3 is 0 Å². The van der Waals surface area contributed by atoms with Crippen molar-refractivity contribution in [2.45, 2.75) is 83.5 Å². The van der Waals surface area contributed by atoms with Gasteiger partial charge in [-0.3, -0.25) is 0 Å². The third kappa shape index (κ3) is 1.91. The first kappa shape index (κ1) is 15.4. The smallest absolute Gasteiger partial charge is 0.0855 e. The first-order valence-corrected chi connectivity index (χ1v) is 9.40. The molecule has 22 heavy (non-hydrogen) atoms. The number of rotatable bonds is 0. The second-order valence-corrected chi connectivity index (χ2v) is 9.38. The van der Waals surface area contributed by atoms with Gasteiger partial charge < -0.3 is 15.3 Å². The number of aliphatic hydroxyl groups is 3. The highest BCUT2D eigenvalue weighted by Gasteiger charge is 2.61. The van der Waals surface area contributed by atoms with E-state index in [-0.39, 0.29) is 11.5 Å². The molecule has 0 saturated heterocycles. The Morgan fingerprint density at radius 1 is 0.773 bits per heavy atom. The van der Waals surface area contributed by atoms with E-state index in [0.717, 1.165) is 38.0 Å². The minimum Gasteiger partial charge on any atom is -0.393 e. The Morgan fingerprint density at radius 2 is 1.50 bits per heavy atom. The molecule has 3 N–H and O–H groups in total. The van der Waals surface area contributed by atoms with Gasteiger partial charge in [0.2, 0.25) is 0 Å². The van der Waals surface area contributed by atoms with E-state index in [9.17, 15) is 15.3 Å². The van der Waals surface area contributed by atoms with Crippen molar-refractivity contribution in [3.63, 3.8) is 0 Å². The summed E-state index contributed by atoms with van der Waals surface area (Å²) in [5.74, 6) is 2.57. The van der Waals surface area contributed by atoms with Crippen molar-refractivity contribution in [1.29, 1.82) is 0 Å². The summed E-state index contributed by atoms with van der Waals surface area (Å²) in [7, 11) is 0. The second kappa shape index (κ2) is 4.94. The molecule has 3 heteroatoms. The molecule has 3 nitrogen and oxygen atoms in total. The standard InChI is InChI=1S/C19H32O3/c1-18-7-5-12(20)9-11(18)3-4-13-14(18)6-8-19(2)15(13)10-16(21)17(19)22/h11-17,20-22H,3-10H2,1-2H3/t11?,12-,13+,14-,15-,16+,17+,18-,19-/m0/s1. The van der Waals surface area contributed by atoms with Crippen LogP contribution in [0.2, 0.25) is 0 Å². The van der Waals surface area contributed by atoms with Crippen LogP contribution in [0.4, 0.5) is 0 Å². The van der Waals surface area contributed by atoms with E-state index >= 15 is 0 Å². The molecular weight excluding hydrogens is 276 g/mol. The first-order valence-electron chi connectivity index (χ1n) is 9.40. The molecule has 0 heterocycles. The van der Waals surface area contributed by atoms with Gasteiger partial charge in [0.1, 0.15) is 0 Å². The van der Waals surface area contributed by atoms with Gasteiger partial charge in [0, 0.05) is 0 Å². The SMILES string of the molecule is C[C@]12CC[C@H]3[C@@H](CCC4C[C@@H](O)CC[C@@]43C)[C@@H]1C[C@@H](O)[C@H]2O. The quantitative estimate of drug-likeness (QED) is 0.645. The maximum Gasteiger partial charge on any atom is 0.0855 e. The van der Waals surface area contributed by atoms with Gasteiger partial charge in [-0.05, 0) is 85.9 Å². The number of fused-ring (bicyclic) bond motifs is 5. The summed E-state index contributed by atoms with van der Waals surface area (Å²) >= 11 is 0. The van der Waals surface area contributed by atoms with Crippen molar-refractivity contribution in [2.75, 3.05) is 0 Å². The normalized spacial score (nSPS) is 61.2. The monoisotopic (exact) mass is 308 g/mol. The zero-order valence-electron chi connectivity index (χ0n) is 14.0. The predicted octanol–water partition coefficient (Wildman–Crippen LogP) is 2.72. The van der Waals surface area contributed by atoms with Gasteiger partial charge in [-0.2, -0.15) is 0 Å². The Hall–Kier alpha value is -0.120. The van der Waals surface area contributed by atoms with E-state index in [0.29, 0.717) is 23.2 Å². The van der Waals surface area contributed by atoms with Crippen LogP contribution < -0.4 is 0 Å². The maximum absolute atomic E-state index is 10.5. The van der Waals surface area contributed by atoms with Crippen LogP contribution in [-0.4, -0.2) is 33.6 Å². The molecule has 4 aliphatic carbocycles. The zero-order chi connectivity index (χ0) is 15.7. The summed E-state index contributed by atoms with van der Waals surface area (Å²) in [6.07, 6.45) is 7.49. The topological polar surface area (TPSA) is 60.7 Å². The Labute approximate surface area is 134 Å². The lowest BCUT2D eigenvalue weighted by molar-refractivity contribution is -0.135. The molecule has 9 atom stereocenters. The third-order valence-corrected chi connectivity index (χ3v) is 8.61. The van der Waals surface area contributed by atoms with Crippen molar-refractivity contribution in [2.24, 2.45) is 34.5 Å². The van der Waals surface area contributed by atoms with Crippen LogP contribution in [0.25, 0.3) is 0 Å². The fourth-order valence-electron chi connectivity index (χ4n) is 7.22. The predicted molar refractivity (Wildman–Crippen MR) is 85.1 cm³/mol. The summed E-state index contributed by atoms with van der Waals surface area (Å²) in [4.78, 5) is 0. The fourth-order valence-corrected chi connectivity index (χ4v) is 7.22. The van der Waals surface area contributed by atoms with Gasteiger partial charge in [0.05, 0.1) is 18.3 Å². The van der Waals surface area contributed by atoms with Crippen molar-refractivity contribution in [3.8, 4) is 0 Å². The van der Waals surface area contributed by atoms with Crippen LogP contribution in [0.15, 0.2) is 0 Å². The van der Waals surface area contributed by atoms with Crippen LogP contribution in [-0.2, 0) is 0 Å². The van der Waals surface area contributed by atoms with Gasteiger partial charge in [0.25, 0.3) is 0 Å². The highest BCUT2D eigenvalue weighted by molar-refractivity contribution is 5.11. The lowest BCUT2D eigenvalue weighted by atomic mass is 9.45. The Balaban J connectivity index is 1.63. The van der Waals surface area contributed by atoms with E-state index in [1.165, 1.54) is 19.3 Å². The van der Waals surface area contributed by atoms with Crippen LogP contribution in [0, 0.1) is 34.5 Å². The molecule has 126 valence electrons. The Bertz CT molecular complexity index is 452. The molecule has 0 aromatic heterocycles. The molecule has 4 saturated carbocycles. The van der Waals surface area contributed by atoms with E-state index in [2.05, 4.69) is 13.8 Å². The molecule has 4 rings (SSSR count). The van der Waals surface area contributed by atoms with E-state index in [1.807, 2.05) is 0 Å². The lowest BCUT2D eigenvalue weighted by Crippen LogP contribution is -2.54. The van der Waals surface area contributed by atoms with Crippen LogP contribution in [0.3, 0.4) is 0 Å². The highest BCUT2D eigenvalue weighted by Crippen LogP contribution is 2.66. The molecule has 0 bridgehead atoms. The van der Waals surface area contributed by atoms with E-state index in [1.54, 1.807) is 0 Å². The maximum atomic E-state index is 10.5. The van der Waals surface area contributed by atoms with Gasteiger partial charge in [-0.15, -0.1) is 0 Å². The second-order valence-electron chi connectivity index (χ2n) is 9.38. The Kier molecular flexibility index (Phi) is 3.46. The van der Waals surface area contributed by atoms with Crippen LogP contribution in [0.1, 0.15) is 65.2 Å². The number of aliphatic hydroxyl groups excluding tert-OH is 3. The third-order valence-electron chi connectivity index (χ3n) is 8.61. The van der Waals surface area contributed by atoms with Crippen molar-refractivity contribution < 1.29 is 15.3 Å². The Morgan fingerprint density at radius 3 is 2.27 bits per heavy atom. The van der Waals surface area contributed by atoms with Gasteiger partial charge in [0.15, 0.2) is 0 Å². The van der Waals surface area contributed by atoms with E-state index < -0.39 is 12.2 Å². The molecule has 1 unspecified atom stereocenters. The number of hydrogen-bond acceptors (Lipinski definition) is 3. The first-order chi connectivity index (χ1) is 10.4. The van der Waals surface area contributed by atoms with Crippen LogP contribution in [0.5, 0.6) is 0 Å². The minimum atomic E-state index is -0.530. The zero-order valence-corrected chi connectivity index (χ0v) is 14.0. The number of hydrogen-bond donors (Lipinski definition) is 3. The summed E-state index contributed by atoms with van der Waals surface area (Å²) < 4.78 is 0. The largest absolute Gasteiger partial charge is 0.393 e. The summed E-state index contributed by atoms with van der Waals surface area (Å²) in [6.45, 7) is 4.69. The molecule has 0 radical (unpaired) electrons. The molecule has 0 amide bonds. The van der Waals surface area contributed by atoms with Crippen molar-refractivity contribution >= 4 is 0 Å². The molecule has 0 spiro atoms.